The Kier molecular flexibility index (Phi) is 3.66. The Morgan fingerprint density at radius 2 is 2.38 bits per heavy atom. The largest absolute Gasteiger partial charge is 0.380 e. The van der Waals surface area contributed by atoms with E-state index in [-0.39, 0.29) is 11.9 Å². The summed E-state index contributed by atoms with van der Waals surface area (Å²) >= 11 is 5.66. The van der Waals surface area contributed by atoms with Gasteiger partial charge in [-0.15, -0.1) is 11.6 Å². The summed E-state index contributed by atoms with van der Waals surface area (Å²) in [5.41, 5.74) is 1.46. The Balaban J connectivity index is 2.15. The van der Waals surface area contributed by atoms with Gasteiger partial charge in [-0.2, -0.15) is 0 Å². The van der Waals surface area contributed by atoms with E-state index in [2.05, 4.69) is 0 Å². The first kappa shape index (κ1) is 11.7. The van der Waals surface area contributed by atoms with Crippen molar-refractivity contribution < 1.29 is 9.13 Å². The molecular weight excluding hydrogens is 229 g/mol. The number of alkyl halides is 1. The van der Waals surface area contributed by atoms with E-state index >= 15 is 0 Å². The molecular formula is C12H15ClFNO. The molecule has 1 atom stereocenters. The van der Waals surface area contributed by atoms with E-state index < -0.39 is 0 Å². The first-order chi connectivity index (χ1) is 7.74. The Morgan fingerprint density at radius 1 is 1.56 bits per heavy atom. The van der Waals surface area contributed by atoms with E-state index in [4.69, 9.17) is 16.3 Å². The number of benzene rings is 1. The molecule has 1 fully saturated rings. The fourth-order valence-corrected chi connectivity index (χ4v) is 2.20. The lowest BCUT2D eigenvalue weighted by Crippen LogP contribution is -2.23. The number of halogens is 2. The van der Waals surface area contributed by atoms with Gasteiger partial charge >= 0.3 is 0 Å². The molecule has 0 aliphatic carbocycles. The average molecular weight is 244 g/mol. The summed E-state index contributed by atoms with van der Waals surface area (Å²) in [4.78, 5) is 2.02. The summed E-state index contributed by atoms with van der Waals surface area (Å²) in [7, 11) is 1.70. The molecule has 4 heteroatoms. The Hall–Kier alpha value is -0.800. The van der Waals surface area contributed by atoms with E-state index in [0.717, 1.165) is 25.1 Å². The second-order valence-corrected chi connectivity index (χ2v) is 4.28. The number of hydrogen-bond donors (Lipinski definition) is 0. The highest BCUT2D eigenvalue weighted by molar-refractivity contribution is 6.17. The summed E-state index contributed by atoms with van der Waals surface area (Å²) in [5.74, 6) is 0.146. The highest BCUT2D eigenvalue weighted by atomic mass is 35.5. The molecule has 1 aliphatic heterocycles. The lowest BCUT2D eigenvalue weighted by atomic mass is 10.2. The number of nitrogens with zero attached hydrogens (tertiary/aromatic N) is 1. The van der Waals surface area contributed by atoms with Crippen LogP contribution in [0, 0.1) is 5.82 Å². The molecule has 1 unspecified atom stereocenters. The van der Waals surface area contributed by atoms with Crippen LogP contribution in [0.3, 0.4) is 0 Å². The van der Waals surface area contributed by atoms with E-state index in [1.807, 2.05) is 11.0 Å². The van der Waals surface area contributed by atoms with Gasteiger partial charge in [0.05, 0.1) is 11.8 Å². The number of rotatable bonds is 3. The van der Waals surface area contributed by atoms with Crippen molar-refractivity contribution in [2.75, 3.05) is 25.1 Å². The maximum Gasteiger partial charge on any atom is 0.146 e. The first-order valence-corrected chi connectivity index (χ1v) is 5.90. The van der Waals surface area contributed by atoms with Crippen molar-refractivity contribution in [3.63, 3.8) is 0 Å². The lowest BCUT2D eigenvalue weighted by molar-refractivity contribution is 0.121. The Labute approximate surface area is 100.0 Å². The molecule has 0 spiro atoms. The van der Waals surface area contributed by atoms with Crippen LogP contribution in [0.4, 0.5) is 10.1 Å². The highest BCUT2D eigenvalue weighted by Gasteiger charge is 2.24. The van der Waals surface area contributed by atoms with Gasteiger partial charge in [0.25, 0.3) is 0 Å². The number of anilines is 1. The van der Waals surface area contributed by atoms with E-state index in [1.165, 1.54) is 6.07 Å². The smallest absolute Gasteiger partial charge is 0.146 e. The molecule has 2 nitrogen and oxygen atoms in total. The fraction of sp³-hybridized carbons (Fsp3) is 0.500. The second-order valence-electron chi connectivity index (χ2n) is 4.01. The van der Waals surface area contributed by atoms with Gasteiger partial charge < -0.3 is 9.64 Å². The summed E-state index contributed by atoms with van der Waals surface area (Å²) in [6.07, 6.45) is 1.17. The second kappa shape index (κ2) is 5.02. The minimum absolute atomic E-state index is 0.199. The molecule has 1 saturated heterocycles. The topological polar surface area (TPSA) is 12.5 Å². The molecule has 2 rings (SSSR count). The van der Waals surface area contributed by atoms with Gasteiger partial charge in [0.15, 0.2) is 0 Å². The van der Waals surface area contributed by atoms with Crippen molar-refractivity contribution in [1.82, 2.24) is 0 Å². The van der Waals surface area contributed by atoms with Crippen molar-refractivity contribution >= 4 is 17.3 Å². The van der Waals surface area contributed by atoms with Crippen LogP contribution in [0.25, 0.3) is 0 Å². The van der Waals surface area contributed by atoms with Gasteiger partial charge in [0, 0.05) is 26.1 Å². The molecule has 0 N–H and O–H groups in total. The Morgan fingerprint density at radius 3 is 2.94 bits per heavy atom. The number of ether oxygens (including phenoxy) is 1. The average Bonchev–Trinajstić information content (AvgIpc) is 2.77. The number of methoxy groups -OCH3 is 1. The van der Waals surface area contributed by atoms with Crippen LogP contribution in [0.1, 0.15) is 12.0 Å². The third-order valence-corrected chi connectivity index (χ3v) is 3.29. The van der Waals surface area contributed by atoms with Crippen LogP contribution in [0.5, 0.6) is 0 Å². The van der Waals surface area contributed by atoms with Crippen LogP contribution < -0.4 is 4.90 Å². The van der Waals surface area contributed by atoms with Crippen LogP contribution in [0.2, 0.25) is 0 Å². The third-order valence-electron chi connectivity index (χ3n) is 2.99. The summed E-state index contributed by atoms with van der Waals surface area (Å²) < 4.78 is 19.0. The van der Waals surface area contributed by atoms with E-state index in [9.17, 15) is 4.39 Å². The SMILES string of the molecule is COC1CCN(c2ccc(CCl)cc2F)C1. The molecule has 0 aromatic heterocycles. The van der Waals surface area contributed by atoms with Gasteiger partial charge in [-0.25, -0.2) is 4.39 Å². The molecule has 1 aromatic rings. The van der Waals surface area contributed by atoms with Gasteiger partial charge in [-0.05, 0) is 24.1 Å². The van der Waals surface area contributed by atoms with Gasteiger partial charge in [-0.1, -0.05) is 6.07 Å². The van der Waals surface area contributed by atoms with Crippen molar-refractivity contribution in [2.24, 2.45) is 0 Å². The molecule has 16 heavy (non-hydrogen) atoms. The zero-order chi connectivity index (χ0) is 11.5. The van der Waals surface area contributed by atoms with E-state index in [1.54, 1.807) is 13.2 Å². The van der Waals surface area contributed by atoms with Gasteiger partial charge in [0.1, 0.15) is 5.82 Å². The van der Waals surface area contributed by atoms with E-state index in [0.29, 0.717) is 11.6 Å². The minimum Gasteiger partial charge on any atom is -0.380 e. The van der Waals surface area contributed by atoms with Crippen LogP contribution in [-0.4, -0.2) is 26.3 Å². The summed E-state index contributed by atoms with van der Waals surface area (Å²) in [6, 6.07) is 5.17. The maximum atomic E-state index is 13.8. The molecule has 0 bridgehead atoms. The van der Waals surface area contributed by atoms with Crippen molar-refractivity contribution in [1.29, 1.82) is 0 Å². The first-order valence-electron chi connectivity index (χ1n) is 5.36. The molecule has 1 aromatic carbocycles. The lowest BCUT2D eigenvalue weighted by Gasteiger charge is -2.19. The molecule has 1 aliphatic rings. The molecule has 0 saturated carbocycles. The summed E-state index contributed by atoms with van der Waals surface area (Å²) in [5, 5.41) is 0. The summed E-state index contributed by atoms with van der Waals surface area (Å²) in [6.45, 7) is 1.60. The number of hydrogen-bond acceptors (Lipinski definition) is 2. The predicted molar refractivity (Wildman–Crippen MR) is 63.6 cm³/mol. The zero-order valence-corrected chi connectivity index (χ0v) is 10.0. The predicted octanol–water partition coefficient (Wildman–Crippen LogP) is 2.79. The zero-order valence-electron chi connectivity index (χ0n) is 9.25. The highest BCUT2D eigenvalue weighted by Crippen LogP contribution is 2.25. The van der Waals surface area contributed by atoms with Gasteiger partial charge in [0.2, 0.25) is 0 Å². The standard InChI is InChI=1S/C12H15ClFNO/c1-16-10-4-5-15(8-10)12-3-2-9(7-13)6-11(12)14/h2-3,6,10H,4-5,7-8H2,1H3. The molecule has 88 valence electrons. The van der Waals surface area contributed by atoms with Gasteiger partial charge in [-0.3, -0.25) is 0 Å². The van der Waals surface area contributed by atoms with Crippen LogP contribution >= 0.6 is 11.6 Å². The van der Waals surface area contributed by atoms with Crippen molar-refractivity contribution in [2.45, 2.75) is 18.4 Å². The quantitative estimate of drug-likeness (QED) is 0.757. The van der Waals surface area contributed by atoms with Crippen molar-refractivity contribution in [3.8, 4) is 0 Å². The molecule has 1 heterocycles. The Bertz CT molecular complexity index is 372. The maximum absolute atomic E-state index is 13.8. The molecule has 0 amide bonds. The van der Waals surface area contributed by atoms with Crippen molar-refractivity contribution in [3.05, 3.63) is 29.6 Å². The van der Waals surface area contributed by atoms with Crippen LogP contribution in [0.15, 0.2) is 18.2 Å². The fourth-order valence-electron chi connectivity index (χ4n) is 2.03. The monoisotopic (exact) mass is 243 g/mol. The normalized spacial score (nSPS) is 20.4. The third kappa shape index (κ3) is 2.30. The van der Waals surface area contributed by atoms with Crippen LogP contribution in [-0.2, 0) is 10.6 Å². The molecule has 0 radical (unpaired) electrons. The minimum atomic E-state index is -0.199.